The predicted octanol–water partition coefficient (Wildman–Crippen LogP) is 1.36. The first-order valence-corrected chi connectivity index (χ1v) is 10.2. The fourth-order valence-electron chi connectivity index (χ4n) is 2.94. The average Bonchev–Trinajstić information content (AvgIpc) is 2.92. The summed E-state index contributed by atoms with van der Waals surface area (Å²) in [5.41, 5.74) is 0.345. The van der Waals surface area contributed by atoms with Crippen molar-refractivity contribution in [3.8, 4) is 0 Å². The smallest absolute Gasteiger partial charge is 0.272 e. The molecule has 24 heavy (non-hydrogen) atoms. The molecule has 7 nitrogen and oxygen atoms in total. The van der Waals surface area contributed by atoms with Gasteiger partial charge in [0, 0.05) is 32.2 Å². The molecule has 2 heterocycles. The molecule has 0 aromatic carbocycles. The highest BCUT2D eigenvalue weighted by atomic mass is 32.2. The van der Waals surface area contributed by atoms with E-state index in [1.165, 1.54) is 6.33 Å². The van der Waals surface area contributed by atoms with Crippen LogP contribution in [0.2, 0.25) is 0 Å². The maximum absolute atomic E-state index is 12.5. The highest BCUT2D eigenvalue weighted by molar-refractivity contribution is 7.91. The lowest BCUT2D eigenvalue weighted by Gasteiger charge is -2.28. The topological polar surface area (TPSA) is 83.5 Å². The normalized spacial score (nSPS) is 19.2. The molecule has 1 aromatic rings. The number of aromatic nitrogens is 2. The number of rotatable bonds is 7. The Balaban J connectivity index is 2.17. The summed E-state index contributed by atoms with van der Waals surface area (Å²) >= 11 is 0. The highest BCUT2D eigenvalue weighted by Crippen LogP contribution is 2.23. The van der Waals surface area contributed by atoms with Gasteiger partial charge < -0.3 is 9.80 Å². The van der Waals surface area contributed by atoms with E-state index in [-0.39, 0.29) is 23.5 Å². The van der Waals surface area contributed by atoms with Gasteiger partial charge in [-0.1, -0.05) is 13.3 Å². The minimum Gasteiger partial charge on any atom is -0.353 e. The fraction of sp³-hybridized carbons (Fsp3) is 0.688. The zero-order valence-corrected chi connectivity index (χ0v) is 15.4. The van der Waals surface area contributed by atoms with Crippen molar-refractivity contribution in [3.05, 3.63) is 18.1 Å². The Morgan fingerprint density at radius 2 is 2.08 bits per heavy atom. The van der Waals surface area contributed by atoms with Crippen LogP contribution >= 0.6 is 0 Å². The monoisotopic (exact) mass is 354 g/mol. The van der Waals surface area contributed by atoms with Gasteiger partial charge in [-0.05, 0) is 19.8 Å². The van der Waals surface area contributed by atoms with Crippen molar-refractivity contribution in [2.45, 2.75) is 39.2 Å². The molecule has 2 rings (SSSR count). The summed E-state index contributed by atoms with van der Waals surface area (Å²) in [4.78, 5) is 24.4. The van der Waals surface area contributed by atoms with Crippen LogP contribution in [0.25, 0.3) is 0 Å². The van der Waals surface area contributed by atoms with Gasteiger partial charge >= 0.3 is 0 Å². The number of unbranched alkanes of at least 4 members (excludes halogenated alkanes) is 1. The Hall–Kier alpha value is -1.70. The SMILES string of the molecule is CCCCN(C)C(=O)c1cc(N(CC)C2CCS(=O)(=O)C2)ncn1. The van der Waals surface area contributed by atoms with Crippen LogP contribution < -0.4 is 4.90 Å². The molecule has 1 amide bonds. The van der Waals surface area contributed by atoms with Gasteiger partial charge in [0.2, 0.25) is 0 Å². The molecule has 1 atom stereocenters. The molecule has 0 N–H and O–H groups in total. The van der Waals surface area contributed by atoms with Crippen molar-refractivity contribution in [1.29, 1.82) is 0 Å². The Kier molecular flexibility index (Phi) is 6.15. The number of amides is 1. The Bertz CT molecular complexity index is 678. The molecule has 0 aliphatic carbocycles. The number of carbonyl (C=O) groups is 1. The second kappa shape index (κ2) is 7.92. The van der Waals surface area contributed by atoms with E-state index in [1.807, 2.05) is 11.8 Å². The lowest BCUT2D eigenvalue weighted by atomic mass is 10.2. The van der Waals surface area contributed by atoms with Crippen molar-refractivity contribution in [1.82, 2.24) is 14.9 Å². The third kappa shape index (κ3) is 4.43. The standard InChI is InChI=1S/C16H26N4O3S/c1-4-6-8-19(3)16(21)14-10-15(18-12-17-14)20(5-2)13-7-9-24(22,23)11-13/h10,12-13H,4-9,11H2,1-3H3. The zero-order chi connectivity index (χ0) is 17.7. The van der Waals surface area contributed by atoms with Gasteiger partial charge in [0.15, 0.2) is 9.84 Å². The Labute approximate surface area is 144 Å². The van der Waals surface area contributed by atoms with E-state index in [9.17, 15) is 13.2 Å². The van der Waals surface area contributed by atoms with Crippen LogP contribution in [0.15, 0.2) is 12.4 Å². The number of hydrogen-bond acceptors (Lipinski definition) is 6. The minimum absolute atomic E-state index is 0.0873. The third-order valence-electron chi connectivity index (χ3n) is 4.35. The number of carbonyl (C=O) groups excluding carboxylic acids is 1. The zero-order valence-electron chi connectivity index (χ0n) is 14.6. The molecular formula is C16H26N4O3S. The minimum atomic E-state index is -2.97. The van der Waals surface area contributed by atoms with Crippen LogP contribution in [-0.4, -0.2) is 66.9 Å². The third-order valence-corrected chi connectivity index (χ3v) is 6.10. The van der Waals surface area contributed by atoms with Crippen molar-refractivity contribution in [2.75, 3.05) is 36.5 Å². The molecule has 0 bridgehead atoms. The Morgan fingerprint density at radius 3 is 2.67 bits per heavy atom. The summed E-state index contributed by atoms with van der Waals surface area (Å²) in [6.07, 6.45) is 3.94. The van der Waals surface area contributed by atoms with Gasteiger partial charge in [0.1, 0.15) is 17.8 Å². The molecule has 0 radical (unpaired) electrons. The van der Waals surface area contributed by atoms with E-state index in [4.69, 9.17) is 0 Å². The molecule has 1 unspecified atom stereocenters. The second-order valence-electron chi connectivity index (χ2n) is 6.18. The van der Waals surface area contributed by atoms with Crippen LogP contribution in [0.5, 0.6) is 0 Å². The first-order chi connectivity index (χ1) is 11.4. The largest absolute Gasteiger partial charge is 0.353 e. The van der Waals surface area contributed by atoms with E-state index >= 15 is 0 Å². The molecule has 134 valence electrons. The summed E-state index contributed by atoms with van der Waals surface area (Å²) in [7, 11) is -1.20. The van der Waals surface area contributed by atoms with Crippen molar-refractivity contribution >= 4 is 21.6 Å². The fourth-order valence-corrected chi connectivity index (χ4v) is 4.67. The number of sulfone groups is 1. The van der Waals surface area contributed by atoms with E-state index in [1.54, 1.807) is 18.0 Å². The van der Waals surface area contributed by atoms with Gasteiger partial charge in [0.25, 0.3) is 5.91 Å². The lowest BCUT2D eigenvalue weighted by molar-refractivity contribution is 0.0787. The summed E-state index contributed by atoms with van der Waals surface area (Å²) in [5.74, 6) is 0.832. The molecule has 1 saturated heterocycles. The van der Waals surface area contributed by atoms with Crippen LogP contribution in [0, 0.1) is 0 Å². The van der Waals surface area contributed by atoms with Crippen molar-refractivity contribution in [3.63, 3.8) is 0 Å². The maximum atomic E-state index is 12.5. The summed E-state index contributed by atoms with van der Waals surface area (Å²) in [6, 6.07) is 1.58. The number of anilines is 1. The summed E-state index contributed by atoms with van der Waals surface area (Å²) in [5, 5.41) is 0. The average molecular weight is 354 g/mol. The van der Waals surface area contributed by atoms with Crippen LogP contribution in [-0.2, 0) is 9.84 Å². The molecule has 0 spiro atoms. The van der Waals surface area contributed by atoms with Gasteiger partial charge in [-0.25, -0.2) is 18.4 Å². The van der Waals surface area contributed by atoms with Gasteiger partial charge in [-0.2, -0.15) is 0 Å². The van der Waals surface area contributed by atoms with E-state index in [2.05, 4.69) is 16.9 Å². The number of hydrogen-bond donors (Lipinski definition) is 0. The number of nitrogens with zero attached hydrogens (tertiary/aromatic N) is 4. The Morgan fingerprint density at radius 1 is 1.33 bits per heavy atom. The first kappa shape index (κ1) is 18.6. The summed E-state index contributed by atoms with van der Waals surface area (Å²) < 4.78 is 23.5. The van der Waals surface area contributed by atoms with Crippen molar-refractivity contribution in [2.24, 2.45) is 0 Å². The molecule has 1 fully saturated rings. The van der Waals surface area contributed by atoms with Gasteiger partial charge in [0.05, 0.1) is 11.5 Å². The summed E-state index contributed by atoms with van der Waals surface area (Å²) in [6.45, 7) is 5.36. The lowest BCUT2D eigenvalue weighted by Crippen LogP contribution is -2.37. The van der Waals surface area contributed by atoms with Gasteiger partial charge in [-0.15, -0.1) is 0 Å². The van der Waals surface area contributed by atoms with Crippen molar-refractivity contribution < 1.29 is 13.2 Å². The molecule has 0 saturated carbocycles. The van der Waals surface area contributed by atoms with E-state index in [0.29, 0.717) is 31.0 Å². The molecule has 1 aliphatic heterocycles. The molecule has 1 aromatic heterocycles. The predicted molar refractivity (Wildman–Crippen MR) is 94.0 cm³/mol. The molecule has 8 heteroatoms. The van der Waals surface area contributed by atoms with Crippen LogP contribution in [0.4, 0.5) is 5.82 Å². The maximum Gasteiger partial charge on any atom is 0.272 e. The highest BCUT2D eigenvalue weighted by Gasteiger charge is 2.32. The second-order valence-corrected chi connectivity index (χ2v) is 8.41. The molecular weight excluding hydrogens is 328 g/mol. The van der Waals surface area contributed by atoms with Gasteiger partial charge in [-0.3, -0.25) is 4.79 Å². The quantitative estimate of drug-likeness (QED) is 0.735. The van der Waals surface area contributed by atoms with E-state index in [0.717, 1.165) is 12.8 Å². The van der Waals surface area contributed by atoms with E-state index < -0.39 is 9.84 Å². The van der Waals surface area contributed by atoms with Crippen LogP contribution in [0.1, 0.15) is 43.6 Å². The van der Waals surface area contributed by atoms with Crippen LogP contribution in [0.3, 0.4) is 0 Å². The molecule has 1 aliphatic rings. The first-order valence-electron chi connectivity index (χ1n) is 8.42.